The van der Waals surface area contributed by atoms with E-state index in [2.05, 4.69) is 31.3 Å². The molecule has 7 unspecified atom stereocenters. The van der Waals surface area contributed by atoms with Gasteiger partial charge in [0.2, 0.25) is 5.91 Å². The molecule has 1 amide bonds. The van der Waals surface area contributed by atoms with Gasteiger partial charge in [-0.05, 0) is 32.1 Å². The van der Waals surface area contributed by atoms with Crippen LogP contribution in [-0.4, -0.2) is 87.5 Å². The number of allylic oxidation sites excluding steroid dienone is 2. The van der Waals surface area contributed by atoms with Crippen molar-refractivity contribution in [3.05, 3.63) is 12.2 Å². The van der Waals surface area contributed by atoms with E-state index >= 15 is 0 Å². The monoisotopic (exact) mass is 756 g/mol. The molecule has 0 aromatic carbocycles. The molecule has 1 heterocycles. The lowest BCUT2D eigenvalue weighted by atomic mass is 9.99. The minimum atomic E-state index is -1.55. The normalized spacial score (nSPS) is 21.7. The molecule has 0 spiro atoms. The third-order valence-corrected chi connectivity index (χ3v) is 10.9. The second kappa shape index (κ2) is 35.4. The first-order valence-corrected chi connectivity index (χ1v) is 22.4. The lowest BCUT2D eigenvalue weighted by Gasteiger charge is -2.40. The predicted octanol–water partition coefficient (Wildman–Crippen LogP) is 8.95. The zero-order valence-corrected chi connectivity index (χ0v) is 34.3. The second-order valence-corrected chi connectivity index (χ2v) is 15.8. The van der Waals surface area contributed by atoms with Crippen LogP contribution in [0.15, 0.2) is 12.2 Å². The van der Waals surface area contributed by atoms with Crippen molar-refractivity contribution in [3.63, 3.8) is 0 Å². The van der Waals surface area contributed by atoms with E-state index in [1.807, 2.05) is 0 Å². The zero-order valence-electron chi connectivity index (χ0n) is 34.3. The van der Waals surface area contributed by atoms with Crippen molar-refractivity contribution in [1.82, 2.24) is 5.32 Å². The Morgan fingerprint density at radius 3 is 1.58 bits per heavy atom. The number of amides is 1. The maximum atomic E-state index is 12.9. The summed E-state index contributed by atoms with van der Waals surface area (Å²) in [7, 11) is 0. The molecule has 0 radical (unpaired) electrons. The van der Waals surface area contributed by atoms with E-state index in [1.165, 1.54) is 116 Å². The van der Waals surface area contributed by atoms with E-state index in [0.29, 0.717) is 12.8 Å². The molecule has 0 saturated carbocycles. The lowest BCUT2D eigenvalue weighted by molar-refractivity contribution is -0.302. The van der Waals surface area contributed by atoms with Crippen LogP contribution in [0.5, 0.6) is 0 Å². The summed E-state index contributed by atoms with van der Waals surface area (Å²) in [6.07, 6.45) is 32.2. The molecule has 1 aliphatic rings. The van der Waals surface area contributed by atoms with Gasteiger partial charge < -0.3 is 40.3 Å². The Hall–Kier alpha value is -1.07. The molecule has 0 aromatic heterocycles. The van der Waals surface area contributed by atoms with E-state index in [0.717, 1.165) is 64.2 Å². The molecule has 9 nitrogen and oxygen atoms in total. The highest BCUT2D eigenvalue weighted by Crippen LogP contribution is 2.23. The van der Waals surface area contributed by atoms with Crippen LogP contribution >= 0.6 is 0 Å². The number of hydrogen-bond donors (Lipinski definition) is 6. The van der Waals surface area contributed by atoms with Gasteiger partial charge in [0, 0.05) is 6.42 Å². The molecule has 1 aliphatic heterocycles. The van der Waals surface area contributed by atoms with E-state index in [4.69, 9.17) is 9.47 Å². The van der Waals surface area contributed by atoms with E-state index < -0.39 is 49.5 Å². The first-order chi connectivity index (χ1) is 25.8. The summed E-state index contributed by atoms with van der Waals surface area (Å²) in [6.45, 7) is 3.79. The van der Waals surface area contributed by atoms with Crippen LogP contribution in [-0.2, 0) is 14.3 Å². The molecule has 1 fully saturated rings. The number of carbonyl (C=O) groups is 1. The van der Waals surface area contributed by atoms with E-state index in [9.17, 15) is 30.3 Å². The molecule has 0 bridgehead atoms. The summed E-state index contributed by atoms with van der Waals surface area (Å²) >= 11 is 0. The summed E-state index contributed by atoms with van der Waals surface area (Å²) in [4.78, 5) is 12.9. The van der Waals surface area contributed by atoms with Crippen molar-refractivity contribution in [2.45, 2.75) is 249 Å². The molecule has 1 saturated heterocycles. The molecule has 6 N–H and O–H groups in total. The van der Waals surface area contributed by atoms with Crippen LogP contribution < -0.4 is 5.32 Å². The highest BCUT2D eigenvalue weighted by molar-refractivity contribution is 5.76. The van der Waals surface area contributed by atoms with Gasteiger partial charge in [-0.3, -0.25) is 4.79 Å². The average molecular weight is 756 g/mol. The summed E-state index contributed by atoms with van der Waals surface area (Å²) in [5.74, 6) is -0.154. The molecule has 9 heteroatoms. The molecule has 0 aromatic rings. The Balaban J connectivity index is 2.31. The molecule has 53 heavy (non-hydrogen) atoms. The third-order valence-electron chi connectivity index (χ3n) is 10.9. The van der Waals surface area contributed by atoms with Crippen LogP contribution in [0.1, 0.15) is 206 Å². The van der Waals surface area contributed by atoms with Gasteiger partial charge in [-0.1, -0.05) is 180 Å². The van der Waals surface area contributed by atoms with Crippen LogP contribution in [0.3, 0.4) is 0 Å². The standard InChI is InChI=1S/C44H85NO8/c1-3-5-7-9-11-13-15-16-17-18-19-20-21-22-24-25-27-29-31-33-38(47)37(36-52-44-43(51)42(50)41(49)39(35-46)53-44)45-40(48)34-32-30-28-26-23-14-12-10-8-6-4-2/h10,12,37-39,41-44,46-47,49-51H,3-9,11,13-36H2,1-2H3,(H,45,48)/b12-10-. The second-order valence-electron chi connectivity index (χ2n) is 15.8. The van der Waals surface area contributed by atoms with Crippen LogP contribution in [0, 0.1) is 0 Å². The topological polar surface area (TPSA) is 149 Å². The average Bonchev–Trinajstić information content (AvgIpc) is 3.16. The minimum Gasteiger partial charge on any atom is -0.394 e. The molecule has 314 valence electrons. The van der Waals surface area contributed by atoms with Crippen LogP contribution in [0.25, 0.3) is 0 Å². The lowest BCUT2D eigenvalue weighted by Crippen LogP contribution is -2.60. The van der Waals surface area contributed by atoms with E-state index in [-0.39, 0.29) is 12.5 Å². The number of unbranched alkanes of at least 4 members (excludes halogenated alkanes) is 25. The molecule has 1 rings (SSSR count). The Kier molecular flexibility index (Phi) is 33.3. The van der Waals surface area contributed by atoms with Gasteiger partial charge in [-0.2, -0.15) is 0 Å². The fourth-order valence-electron chi connectivity index (χ4n) is 7.20. The summed E-state index contributed by atoms with van der Waals surface area (Å²) in [5, 5.41) is 54.2. The van der Waals surface area contributed by atoms with E-state index in [1.54, 1.807) is 0 Å². The number of aliphatic hydroxyl groups excluding tert-OH is 5. The Morgan fingerprint density at radius 1 is 0.623 bits per heavy atom. The number of aliphatic hydroxyl groups is 5. The van der Waals surface area contributed by atoms with Crippen molar-refractivity contribution in [2.24, 2.45) is 0 Å². The highest BCUT2D eigenvalue weighted by atomic mass is 16.7. The fraction of sp³-hybridized carbons (Fsp3) is 0.932. The quantitative estimate of drug-likeness (QED) is 0.0272. The first-order valence-electron chi connectivity index (χ1n) is 22.4. The van der Waals surface area contributed by atoms with Gasteiger partial charge in [0.15, 0.2) is 6.29 Å². The van der Waals surface area contributed by atoms with Crippen LogP contribution in [0.4, 0.5) is 0 Å². The van der Waals surface area contributed by atoms with Crippen molar-refractivity contribution in [3.8, 4) is 0 Å². The van der Waals surface area contributed by atoms with Crippen LogP contribution in [0.2, 0.25) is 0 Å². The molecular weight excluding hydrogens is 670 g/mol. The van der Waals surface area contributed by atoms with Gasteiger partial charge >= 0.3 is 0 Å². The summed E-state index contributed by atoms with van der Waals surface area (Å²) < 4.78 is 11.2. The number of rotatable bonds is 37. The summed E-state index contributed by atoms with van der Waals surface area (Å²) in [6, 6.07) is -0.718. The van der Waals surface area contributed by atoms with Crippen molar-refractivity contribution in [2.75, 3.05) is 13.2 Å². The fourth-order valence-corrected chi connectivity index (χ4v) is 7.20. The summed E-state index contributed by atoms with van der Waals surface area (Å²) in [5.41, 5.74) is 0. The smallest absolute Gasteiger partial charge is 0.220 e. The number of nitrogens with one attached hydrogen (secondary N) is 1. The Bertz CT molecular complexity index is 842. The molecular formula is C44H85NO8. The third kappa shape index (κ3) is 26.4. The van der Waals surface area contributed by atoms with Gasteiger partial charge in [0.25, 0.3) is 0 Å². The zero-order chi connectivity index (χ0) is 38.8. The van der Waals surface area contributed by atoms with Gasteiger partial charge in [-0.25, -0.2) is 0 Å². The number of hydrogen-bond acceptors (Lipinski definition) is 8. The Morgan fingerprint density at radius 2 is 1.08 bits per heavy atom. The van der Waals surface area contributed by atoms with Gasteiger partial charge in [-0.15, -0.1) is 0 Å². The minimum absolute atomic E-state index is 0.138. The van der Waals surface area contributed by atoms with Crippen molar-refractivity contribution in [1.29, 1.82) is 0 Å². The number of ether oxygens (including phenoxy) is 2. The largest absolute Gasteiger partial charge is 0.394 e. The number of carbonyl (C=O) groups excluding carboxylic acids is 1. The van der Waals surface area contributed by atoms with Gasteiger partial charge in [0.1, 0.15) is 24.4 Å². The Labute approximate surface area is 325 Å². The molecule has 0 aliphatic carbocycles. The first kappa shape index (κ1) is 49.9. The van der Waals surface area contributed by atoms with Gasteiger partial charge in [0.05, 0.1) is 25.4 Å². The maximum Gasteiger partial charge on any atom is 0.220 e. The maximum absolute atomic E-state index is 12.9. The highest BCUT2D eigenvalue weighted by Gasteiger charge is 2.44. The van der Waals surface area contributed by atoms with Crippen molar-refractivity contribution < 1.29 is 39.8 Å². The predicted molar refractivity (Wildman–Crippen MR) is 217 cm³/mol. The SMILES string of the molecule is CCCC/C=C\CCCCCCCC(=O)NC(COC1OC(CO)C(O)C(O)C1O)C(O)CCCCCCCCCCCCCCCCCCCCC. The van der Waals surface area contributed by atoms with Crippen molar-refractivity contribution >= 4 is 5.91 Å². The molecule has 7 atom stereocenters.